The van der Waals surface area contributed by atoms with Crippen molar-refractivity contribution in [2.24, 2.45) is 0 Å². The zero-order chi connectivity index (χ0) is 12.0. The highest BCUT2D eigenvalue weighted by Gasteiger charge is 2.27. The van der Waals surface area contributed by atoms with Crippen LogP contribution in [0.3, 0.4) is 0 Å². The fraction of sp³-hybridized carbons (Fsp3) is 0.636. The predicted octanol–water partition coefficient (Wildman–Crippen LogP) is -0.0277. The fourth-order valence-corrected chi connectivity index (χ4v) is 1.72. The Morgan fingerprint density at radius 1 is 1.62 bits per heavy atom. The van der Waals surface area contributed by atoms with E-state index in [-0.39, 0.29) is 24.0 Å². The molecular formula is C11H18N2O3. The normalized spacial score (nSPS) is 24.6. The maximum atomic E-state index is 11.6. The number of amides is 1. The molecule has 1 aliphatic rings. The second kappa shape index (κ2) is 6.27. The lowest BCUT2D eigenvalue weighted by Crippen LogP contribution is -2.50. The largest absolute Gasteiger partial charge is 0.462 e. The molecular weight excluding hydrogens is 208 g/mol. The summed E-state index contributed by atoms with van der Waals surface area (Å²) >= 11 is 0. The number of carbonyl (C=O) groups is 2. The van der Waals surface area contributed by atoms with E-state index in [0.717, 1.165) is 6.42 Å². The first-order chi connectivity index (χ1) is 7.63. The summed E-state index contributed by atoms with van der Waals surface area (Å²) in [5.74, 6) is -0.367. The number of hydrogen-bond acceptors (Lipinski definition) is 4. The molecule has 1 amide bonds. The van der Waals surface area contributed by atoms with Crippen molar-refractivity contribution in [2.75, 3.05) is 13.1 Å². The highest BCUT2D eigenvalue weighted by atomic mass is 16.5. The summed E-state index contributed by atoms with van der Waals surface area (Å²) in [5.41, 5.74) is 0. The molecule has 16 heavy (non-hydrogen) atoms. The molecule has 1 heterocycles. The van der Waals surface area contributed by atoms with E-state index in [0.29, 0.717) is 19.5 Å². The van der Waals surface area contributed by atoms with Gasteiger partial charge in [-0.3, -0.25) is 9.59 Å². The molecule has 1 rings (SSSR count). The number of ether oxygens (including phenoxy) is 1. The van der Waals surface area contributed by atoms with Gasteiger partial charge in [0.25, 0.3) is 0 Å². The van der Waals surface area contributed by atoms with E-state index in [1.165, 1.54) is 6.92 Å². The molecule has 0 unspecified atom stereocenters. The van der Waals surface area contributed by atoms with Gasteiger partial charge in [-0.1, -0.05) is 6.08 Å². The first kappa shape index (κ1) is 12.7. The van der Waals surface area contributed by atoms with Crippen molar-refractivity contribution in [1.29, 1.82) is 0 Å². The first-order valence-electron chi connectivity index (χ1n) is 5.42. The van der Waals surface area contributed by atoms with Crippen molar-refractivity contribution >= 4 is 11.9 Å². The zero-order valence-corrected chi connectivity index (χ0v) is 9.49. The number of piperidine rings is 1. The summed E-state index contributed by atoms with van der Waals surface area (Å²) in [5, 5.41) is 5.81. The summed E-state index contributed by atoms with van der Waals surface area (Å²) in [4.78, 5) is 22.4. The van der Waals surface area contributed by atoms with Crippen molar-refractivity contribution in [2.45, 2.75) is 31.9 Å². The molecule has 0 aliphatic carbocycles. The predicted molar refractivity (Wildman–Crippen MR) is 59.8 cm³/mol. The van der Waals surface area contributed by atoms with Gasteiger partial charge in [-0.05, 0) is 13.0 Å². The van der Waals surface area contributed by atoms with E-state index in [4.69, 9.17) is 4.74 Å². The lowest BCUT2D eigenvalue weighted by atomic mass is 10.0. The summed E-state index contributed by atoms with van der Waals surface area (Å²) in [6.45, 7) is 6.05. The Morgan fingerprint density at radius 2 is 2.38 bits per heavy atom. The average Bonchev–Trinajstić information content (AvgIpc) is 2.25. The van der Waals surface area contributed by atoms with Crippen LogP contribution in [-0.4, -0.2) is 37.1 Å². The van der Waals surface area contributed by atoms with Crippen molar-refractivity contribution in [3.05, 3.63) is 12.7 Å². The summed E-state index contributed by atoms with van der Waals surface area (Å²) in [6.07, 6.45) is 2.76. The number of hydrogen-bond donors (Lipinski definition) is 2. The lowest BCUT2D eigenvalue weighted by Gasteiger charge is -2.28. The van der Waals surface area contributed by atoms with Gasteiger partial charge < -0.3 is 15.4 Å². The fourth-order valence-electron chi connectivity index (χ4n) is 1.72. The minimum atomic E-state index is -0.294. The molecule has 5 nitrogen and oxygen atoms in total. The van der Waals surface area contributed by atoms with Gasteiger partial charge in [0.2, 0.25) is 5.91 Å². The number of esters is 1. The number of nitrogens with one attached hydrogen (secondary N) is 2. The first-order valence-corrected chi connectivity index (χ1v) is 5.42. The number of carbonyl (C=O) groups excluding carboxylic acids is 2. The molecule has 1 aliphatic heterocycles. The van der Waals surface area contributed by atoms with Crippen molar-refractivity contribution in [3.63, 3.8) is 0 Å². The molecule has 0 aromatic carbocycles. The quantitative estimate of drug-likeness (QED) is 0.522. The molecule has 0 aromatic rings. The van der Waals surface area contributed by atoms with E-state index in [9.17, 15) is 9.59 Å². The molecule has 90 valence electrons. The summed E-state index contributed by atoms with van der Waals surface area (Å²) < 4.78 is 5.10. The Hall–Kier alpha value is -1.36. The van der Waals surface area contributed by atoms with Crippen LogP contribution in [0.2, 0.25) is 0 Å². The van der Waals surface area contributed by atoms with E-state index in [1.54, 1.807) is 6.08 Å². The van der Waals surface area contributed by atoms with Crippen LogP contribution >= 0.6 is 0 Å². The number of rotatable bonds is 4. The molecule has 0 radical (unpaired) electrons. The Balaban J connectivity index is 2.40. The Kier molecular flexibility index (Phi) is 4.98. The molecule has 0 bridgehead atoms. The third-order valence-electron chi connectivity index (χ3n) is 2.43. The summed E-state index contributed by atoms with van der Waals surface area (Å²) in [7, 11) is 0. The van der Waals surface area contributed by atoms with E-state index < -0.39 is 0 Å². The van der Waals surface area contributed by atoms with Gasteiger partial charge in [-0.2, -0.15) is 0 Å². The second-order valence-corrected chi connectivity index (χ2v) is 3.80. The average molecular weight is 226 g/mol. The van der Waals surface area contributed by atoms with Crippen LogP contribution < -0.4 is 10.6 Å². The second-order valence-electron chi connectivity index (χ2n) is 3.80. The van der Waals surface area contributed by atoms with Crippen LogP contribution in [0.4, 0.5) is 0 Å². The third-order valence-corrected chi connectivity index (χ3v) is 2.43. The van der Waals surface area contributed by atoms with Gasteiger partial charge in [-0.15, -0.1) is 6.58 Å². The standard InChI is InChI=1S/C11H18N2O3/c1-3-5-13-11(15)10-7-9(4-6-12-10)16-8(2)14/h3,9-10,12H,1,4-7H2,2H3,(H,13,15)/t9-,10+/m0/s1. The summed E-state index contributed by atoms with van der Waals surface area (Å²) in [6, 6.07) is -0.280. The van der Waals surface area contributed by atoms with Crippen LogP contribution in [0.15, 0.2) is 12.7 Å². The van der Waals surface area contributed by atoms with Crippen LogP contribution in [0.1, 0.15) is 19.8 Å². The van der Waals surface area contributed by atoms with Crippen LogP contribution in [0.25, 0.3) is 0 Å². The minimum Gasteiger partial charge on any atom is -0.462 e. The van der Waals surface area contributed by atoms with Gasteiger partial charge in [0.05, 0.1) is 6.04 Å². The van der Waals surface area contributed by atoms with Gasteiger partial charge in [-0.25, -0.2) is 0 Å². The molecule has 2 atom stereocenters. The van der Waals surface area contributed by atoms with Gasteiger partial charge in [0.15, 0.2) is 0 Å². The van der Waals surface area contributed by atoms with Crippen molar-refractivity contribution in [1.82, 2.24) is 10.6 Å². The molecule has 0 aromatic heterocycles. The molecule has 1 fully saturated rings. The Morgan fingerprint density at radius 3 is 3.00 bits per heavy atom. The van der Waals surface area contributed by atoms with Crippen molar-refractivity contribution < 1.29 is 14.3 Å². The van der Waals surface area contributed by atoms with Crippen LogP contribution in [0.5, 0.6) is 0 Å². The van der Waals surface area contributed by atoms with E-state index in [2.05, 4.69) is 17.2 Å². The smallest absolute Gasteiger partial charge is 0.302 e. The van der Waals surface area contributed by atoms with E-state index in [1.807, 2.05) is 0 Å². The Labute approximate surface area is 95.2 Å². The molecule has 2 N–H and O–H groups in total. The van der Waals surface area contributed by atoms with Gasteiger partial charge in [0, 0.05) is 19.9 Å². The topological polar surface area (TPSA) is 67.4 Å². The zero-order valence-electron chi connectivity index (χ0n) is 9.49. The van der Waals surface area contributed by atoms with Gasteiger partial charge >= 0.3 is 5.97 Å². The Bertz CT molecular complexity index is 278. The third kappa shape index (κ3) is 4.02. The molecule has 0 spiro atoms. The molecule has 5 heteroatoms. The SMILES string of the molecule is C=CCNC(=O)[C@H]1C[C@@H](OC(C)=O)CCN1. The van der Waals surface area contributed by atoms with Crippen LogP contribution in [-0.2, 0) is 14.3 Å². The minimum absolute atomic E-state index is 0.0725. The molecule has 0 saturated carbocycles. The van der Waals surface area contributed by atoms with E-state index >= 15 is 0 Å². The highest BCUT2D eigenvalue weighted by molar-refractivity contribution is 5.82. The van der Waals surface area contributed by atoms with Crippen LogP contribution in [0, 0.1) is 0 Å². The molecule has 1 saturated heterocycles. The van der Waals surface area contributed by atoms with Crippen molar-refractivity contribution in [3.8, 4) is 0 Å². The monoisotopic (exact) mass is 226 g/mol. The lowest BCUT2D eigenvalue weighted by molar-refractivity contribution is -0.149. The highest BCUT2D eigenvalue weighted by Crippen LogP contribution is 2.12. The maximum absolute atomic E-state index is 11.6. The van der Waals surface area contributed by atoms with Gasteiger partial charge in [0.1, 0.15) is 6.10 Å². The maximum Gasteiger partial charge on any atom is 0.302 e.